The van der Waals surface area contributed by atoms with Crippen LogP contribution in [0.15, 0.2) is 30.3 Å². The first-order chi connectivity index (χ1) is 11.3. The lowest BCUT2D eigenvalue weighted by molar-refractivity contribution is -0.0457. The van der Waals surface area contributed by atoms with Crippen molar-refractivity contribution >= 4 is 6.03 Å². The molecule has 126 valence electrons. The number of hydrogen-bond acceptors (Lipinski definition) is 4. The summed E-state index contributed by atoms with van der Waals surface area (Å²) in [5.41, 5.74) is 0. The molecule has 2 N–H and O–H groups in total. The highest BCUT2D eigenvalue weighted by Gasteiger charge is 2.32. The number of benzene rings is 1. The molecule has 2 heterocycles. The van der Waals surface area contributed by atoms with Crippen molar-refractivity contribution in [3.05, 3.63) is 30.3 Å². The van der Waals surface area contributed by atoms with Gasteiger partial charge in [0.1, 0.15) is 12.4 Å². The van der Waals surface area contributed by atoms with Gasteiger partial charge in [0.2, 0.25) is 0 Å². The van der Waals surface area contributed by atoms with Gasteiger partial charge in [0, 0.05) is 19.1 Å². The van der Waals surface area contributed by atoms with Crippen LogP contribution in [-0.4, -0.2) is 62.5 Å². The van der Waals surface area contributed by atoms with E-state index in [1.165, 1.54) is 12.8 Å². The van der Waals surface area contributed by atoms with E-state index in [-0.39, 0.29) is 12.1 Å². The van der Waals surface area contributed by atoms with E-state index in [0.717, 1.165) is 25.4 Å². The van der Waals surface area contributed by atoms with E-state index in [1.54, 1.807) is 0 Å². The van der Waals surface area contributed by atoms with Crippen LogP contribution in [0.25, 0.3) is 0 Å². The third kappa shape index (κ3) is 4.84. The first-order valence-corrected chi connectivity index (χ1v) is 8.36. The highest BCUT2D eigenvalue weighted by Crippen LogP contribution is 2.22. The van der Waals surface area contributed by atoms with Crippen LogP contribution in [0.3, 0.4) is 0 Å². The van der Waals surface area contributed by atoms with Crippen LogP contribution in [-0.2, 0) is 4.74 Å². The van der Waals surface area contributed by atoms with E-state index in [0.29, 0.717) is 25.7 Å². The Bertz CT molecular complexity index is 497. The molecule has 3 rings (SSSR count). The topological polar surface area (TPSA) is 62.8 Å². The molecule has 0 radical (unpaired) electrons. The molecule has 2 aliphatic heterocycles. The lowest BCUT2D eigenvalue weighted by atomic mass is 10.2. The number of carbonyl (C=O) groups is 1. The van der Waals surface area contributed by atoms with Crippen molar-refractivity contribution in [3.8, 4) is 5.75 Å². The highest BCUT2D eigenvalue weighted by molar-refractivity contribution is 5.73. The van der Waals surface area contributed by atoms with Crippen LogP contribution in [0, 0.1) is 0 Å². The lowest BCUT2D eigenvalue weighted by Gasteiger charge is -2.35. The molecule has 0 aliphatic carbocycles. The molecule has 23 heavy (non-hydrogen) atoms. The van der Waals surface area contributed by atoms with Crippen LogP contribution in [0.4, 0.5) is 4.79 Å². The number of para-hydroxylation sites is 1. The van der Waals surface area contributed by atoms with Crippen molar-refractivity contribution < 1.29 is 14.3 Å². The second kappa shape index (κ2) is 8.17. The average Bonchev–Trinajstić information content (AvgIpc) is 3.05. The molecule has 0 saturated carbocycles. The zero-order valence-corrected chi connectivity index (χ0v) is 13.4. The standard InChI is InChI=1S/C17H25N3O3/c21-17(18-8-10-22-15-6-2-1-3-7-15)19-11-16-12-20-9-4-5-14(20)13-23-16/h1-3,6-7,14,16H,4-5,8-13H2,(H2,18,19,21)/t14-,16+/m0/s1. The van der Waals surface area contributed by atoms with Gasteiger partial charge in [-0.3, -0.25) is 4.90 Å². The molecule has 1 aromatic carbocycles. The van der Waals surface area contributed by atoms with E-state index in [4.69, 9.17) is 9.47 Å². The Hall–Kier alpha value is -1.79. The van der Waals surface area contributed by atoms with Gasteiger partial charge in [-0.25, -0.2) is 4.79 Å². The summed E-state index contributed by atoms with van der Waals surface area (Å²) in [6.45, 7) is 4.34. The smallest absolute Gasteiger partial charge is 0.315 e. The van der Waals surface area contributed by atoms with Gasteiger partial charge in [0.05, 0.1) is 19.3 Å². The summed E-state index contributed by atoms with van der Waals surface area (Å²) in [7, 11) is 0. The van der Waals surface area contributed by atoms with Crippen molar-refractivity contribution in [2.24, 2.45) is 0 Å². The van der Waals surface area contributed by atoms with E-state index >= 15 is 0 Å². The third-order valence-corrected chi connectivity index (χ3v) is 4.35. The summed E-state index contributed by atoms with van der Waals surface area (Å²) in [6.07, 6.45) is 2.59. The van der Waals surface area contributed by atoms with Crippen molar-refractivity contribution in [1.29, 1.82) is 0 Å². The predicted molar refractivity (Wildman–Crippen MR) is 87.7 cm³/mol. The first-order valence-electron chi connectivity index (χ1n) is 8.36. The van der Waals surface area contributed by atoms with Crippen molar-refractivity contribution in [2.75, 3.05) is 39.4 Å². The van der Waals surface area contributed by atoms with Gasteiger partial charge in [-0.05, 0) is 31.5 Å². The van der Waals surface area contributed by atoms with Gasteiger partial charge in [-0.2, -0.15) is 0 Å². The molecule has 2 fully saturated rings. The van der Waals surface area contributed by atoms with Crippen LogP contribution < -0.4 is 15.4 Å². The second-order valence-electron chi connectivity index (χ2n) is 6.04. The molecule has 2 aliphatic rings. The summed E-state index contributed by atoms with van der Waals surface area (Å²) < 4.78 is 11.3. The SMILES string of the molecule is O=C(NCCOc1ccccc1)NC[C@@H]1CN2CCC[C@H]2CO1. The van der Waals surface area contributed by atoms with Crippen LogP contribution in [0.2, 0.25) is 0 Å². The van der Waals surface area contributed by atoms with E-state index in [1.807, 2.05) is 30.3 Å². The first kappa shape index (κ1) is 16.1. The summed E-state index contributed by atoms with van der Waals surface area (Å²) in [5, 5.41) is 5.67. The number of nitrogens with one attached hydrogen (secondary N) is 2. The van der Waals surface area contributed by atoms with E-state index in [2.05, 4.69) is 15.5 Å². The monoisotopic (exact) mass is 319 g/mol. The molecular weight excluding hydrogens is 294 g/mol. The molecule has 2 saturated heterocycles. The van der Waals surface area contributed by atoms with Gasteiger partial charge in [-0.15, -0.1) is 0 Å². The minimum Gasteiger partial charge on any atom is -0.492 e. The van der Waals surface area contributed by atoms with Crippen molar-refractivity contribution in [3.63, 3.8) is 0 Å². The Kier molecular flexibility index (Phi) is 5.71. The molecule has 6 nitrogen and oxygen atoms in total. The average molecular weight is 319 g/mol. The summed E-state index contributed by atoms with van der Waals surface area (Å²) >= 11 is 0. The van der Waals surface area contributed by atoms with E-state index < -0.39 is 0 Å². The fourth-order valence-electron chi connectivity index (χ4n) is 3.13. The van der Waals surface area contributed by atoms with Gasteiger partial charge in [0.25, 0.3) is 0 Å². The normalized spacial score (nSPS) is 24.0. The Morgan fingerprint density at radius 3 is 3.04 bits per heavy atom. The predicted octanol–water partition coefficient (Wildman–Crippen LogP) is 1.23. The Labute approximate surface area is 137 Å². The maximum Gasteiger partial charge on any atom is 0.315 e. The van der Waals surface area contributed by atoms with Crippen LogP contribution in [0.1, 0.15) is 12.8 Å². The molecular formula is C17H25N3O3. The molecule has 0 unspecified atom stereocenters. The number of rotatable bonds is 6. The summed E-state index contributed by atoms with van der Waals surface area (Å²) in [4.78, 5) is 14.3. The number of nitrogens with zero attached hydrogens (tertiary/aromatic N) is 1. The molecule has 0 spiro atoms. The molecule has 2 atom stereocenters. The molecule has 6 heteroatoms. The number of ether oxygens (including phenoxy) is 2. The van der Waals surface area contributed by atoms with E-state index in [9.17, 15) is 4.79 Å². The maximum atomic E-state index is 11.8. The van der Waals surface area contributed by atoms with Crippen molar-refractivity contribution in [2.45, 2.75) is 25.0 Å². The Morgan fingerprint density at radius 2 is 2.17 bits per heavy atom. The minimum absolute atomic E-state index is 0.0932. The summed E-state index contributed by atoms with van der Waals surface area (Å²) in [5.74, 6) is 0.811. The van der Waals surface area contributed by atoms with Gasteiger partial charge >= 0.3 is 6.03 Å². The third-order valence-electron chi connectivity index (χ3n) is 4.35. The number of hydrogen-bond donors (Lipinski definition) is 2. The fourth-order valence-corrected chi connectivity index (χ4v) is 3.13. The zero-order chi connectivity index (χ0) is 15.9. The minimum atomic E-state index is -0.172. The molecule has 0 aromatic heterocycles. The molecule has 1 aromatic rings. The summed E-state index contributed by atoms with van der Waals surface area (Å²) in [6, 6.07) is 9.99. The van der Waals surface area contributed by atoms with Gasteiger partial charge in [-0.1, -0.05) is 18.2 Å². The van der Waals surface area contributed by atoms with Crippen molar-refractivity contribution in [1.82, 2.24) is 15.5 Å². The molecule has 0 bridgehead atoms. The number of fused-ring (bicyclic) bond motifs is 1. The number of carbonyl (C=O) groups excluding carboxylic acids is 1. The zero-order valence-electron chi connectivity index (χ0n) is 13.4. The lowest BCUT2D eigenvalue weighted by Crippen LogP contribution is -2.51. The quantitative estimate of drug-likeness (QED) is 0.774. The number of urea groups is 1. The second-order valence-corrected chi connectivity index (χ2v) is 6.04. The number of morpholine rings is 1. The largest absolute Gasteiger partial charge is 0.492 e. The molecule has 2 amide bonds. The van der Waals surface area contributed by atoms with Crippen LogP contribution >= 0.6 is 0 Å². The number of amides is 2. The maximum absolute atomic E-state index is 11.8. The Balaban J connectivity index is 1.26. The van der Waals surface area contributed by atoms with Gasteiger partial charge < -0.3 is 20.1 Å². The highest BCUT2D eigenvalue weighted by atomic mass is 16.5. The Morgan fingerprint density at radius 1 is 1.30 bits per heavy atom. The fraction of sp³-hybridized carbons (Fsp3) is 0.588. The van der Waals surface area contributed by atoms with Gasteiger partial charge in [0.15, 0.2) is 0 Å². The van der Waals surface area contributed by atoms with Crippen LogP contribution in [0.5, 0.6) is 5.75 Å².